The van der Waals surface area contributed by atoms with E-state index >= 15 is 0 Å². The third kappa shape index (κ3) is 5.47. The summed E-state index contributed by atoms with van der Waals surface area (Å²) >= 11 is 2.86. The second-order valence-electron chi connectivity index (χ2n) is 7.54. The van der Waals surface area contributed by atoms with Gasteiger partial charge in [-0.3, -0.25) is 4.79 Å². The van der Waals surface area contributed by atoms with Gasteiger partial charge in [-0.1, -0.05) is 18.6 Å². The first-order valence-electron chi connectivity index (χ1n) is 10.6. The number of nitrogens with zero attached hydrogens (tertiary/aromatic N) is 3. The van der Waals surface area contributed by atoms with Gasteiger partial charge >= 0.3 is 0 Å². The molecule has 0 radical (unpaired) electrons. The van der Waals surface area contributed by atoms with E-state index in [0.29, 0.717) is 22.9 Å². The largest absolute Gasteiger partial charge is 0.497 e. The van der Waals surface area contributed by atoms with Gasteiger partial charge in [0.15, 0.2) is 5.13 Å². The van der Waals surface area contributed by atoms with Gasteiger partial charge in [0.05, 0.1) is 18.4 Å². The van der Waals surface area contributed by atoms with Gasteiger partial charge in [-0.15, -0.1) is 23.1 Å². The highest BCUT2D eigenvalue weighted by Gasteiger charge is 2.15. The summed E-state index contributed by atoms with van der Waals surface area (Å²) in [4.78, 5) is 21.7. The number of thioether (sulfide) groups is 1. The molecule has 0 saturated heterocycles. The van der Waals surface area contributed by atoms with Crippen LogP contribution in [0.1, 0.15) is 42.5 Å². The van der Waals surface area contributed by atoms with Crippen LogP contribution >= 0.6 is 23.1 Å². The van der Waals surface area contributed by atoms with Crippen molar-refractivity contribution in [2.24, 2.45) is 0 Å². The van der Waals surface area contributed by atoms with Crippen molar-refractivity contribution in [2.45, 2.75) is 43.6 Å². The standard InChI is InChI=1S/C24H24N4O2S2/c1-30-19-8-5-7-17(13-19)21-15-32-24(27-21)28-22(29)10-11-31-23-18(14-25)12-16-6-3-2-4-9-20(16)26-23/h5,7-8,12-13,15H,2-4,6,9-11H2,1H3,(H,27,28,29). The lowest BCUT2D eigenvalue weighted by Gasteiger charge is -2.09. The number of anilines is 1. The fourth-order valence-corrected chi connectivity index (χ4v) is 5.30. The molecule has 0 unspecified atom stereocenters. The fourth-order valence-electron chi connectivity index (χ4n) is 3.65. The average molecular weight is 465 g/mol. The van der Waals surface area contributed by atoms with E-state index in [0.717, 1.165) is 53.4 Å². The van der Waals surface area contributed by atoms with Crippen LogP contribution in [0.5, 0.6) is 5.75 Å². The number of aromatic nitrogens is 2. The second-order valence-corrected chi connectivity index (χ2v) is 9.48. The number of amides is 1. The smallest absolute Gasteiger partial charge is 0.226 e. The molecule has 0 atom stereocenters. The summed E-state index contributed by atoms with van der Waals surface area (Å²) < 4.78 is 5.26. The zero-order chi connectivity index (χ0) is 22.3. The van der Waals surface area contributed by atoms with E-state index in [1.807, 2.05) is 35.7 Å². The number of methoxy groups -OCH3 is 1. The Balaban J connectivity index is 1.34. The molecule has 32 heavy (non-hydrogen) atoms. The molecule has 6 nitrogen and oxygen atoms in total. The highest BCUT2D eigenvalue weighted by Crippen LogP contribution is 2.29. The van der Waals surface area contributed by atoms with Crippen LogP contribution in [0.15, 0.2) is 40.7 Å². The van der Waals surface area contributed by atoms with Gasteiger partial charge in [0, 0.05) is 28.8 Å². The van der Waals surface area contributed by atoms with Crippen molar-refractivity contribution in [3.8, 4) is 23.1 Å². The lowest BCUT2D eigenvalue weighted by Crippen LogP contribution is -2.12. The number of fused-ring (bicyclic) bond motifs is 1. The normalized spacial score (nSPS) is 13.0. The Hall–Kier alpha value is -2.89. The Morgan fingerprint density at radius 2 is 2.12 bits per heavy atom. The monoisotopic (exact) mass is 464 g/mol. The number of ether oxygens (including phenoxy) is 1. The minimum atomic E-state index is -0.0997. The quantitative estimate of drug-likeness (QED) is 0.368. The highest BCUT2D eigenvalue weighted by atomic mass is 32.2. The fraction of sp³-hybridized carbons (Fsp3) is 0.333. The summed E-state index contributed by atoms with van der Waals surface area (Å²) in [5, 5.41) is 15.6. The van der Waals surface area contributed by atoms with Crippen LogP contribution in [0.4, 0.5) is 5.13 Å². The average Bonchev–Trinajstić information content (AvgIpc) is 3.15. The summed E-state index contributed by atoms with van der Waals surface area (Å²) in [7, 11) is 1.63. The van der Waals surface area contributed by atoms with Gasteiger partial charge in [0.25, 0.3) is 0 Å². The van der Waals surface area contributed by atoms with Crippen molar-refractivity contribution in [3.63, 3.8) is 0 Å². The number of hydrogen-bond acceptors (Lipinski definition) is 7. The van der Waals surface area contributed by atoms with Gasteiger partial charge in [-0.05, 0) is 49.4 Å². The molecule has 0 fully saturated rings. The number of rotatable bonds is 7. The molecule has 8 heteroatoms. The Bertz CT molecular complexity index is 1150. The predicted octanol–water partition coefficient (Wildman–Crippen LogP) is 5.48. The number of hydrogen-bond donors (Lipinski definition) is 1. The molecule has 1 aliphatic rings. The Labute approximate surface area is 196 Å². The van der Waals surface area contributed by atoms with Crippen LogP contribution in [-0.2, 0) is 17.6 Å². The molecular weight excluding hydrogens is 440 g/mol. The molecule has 164 valence electrons. The molecule has 0 bridgehead atoms. The van der Waals surface area contributed by atoms with E-state index in [-0.39, 0.29) is 5.91 Å². The summed E-state index contributed by atoms with van der Waals surface area (Å²) in [5.74, 6) is 1.22. The maximum absolute atomic E-state index is 12.4. The van der Waals surface area contributed by atoms with Gasteiger partial charge in [-0.25, -0.2) is 9.97 Å². The van der Waals surface area contributed by atoms with Crippen molar-refractivity contribution in [1.82, 2.24) is 9.97 Å². The van der Waals surface area contributed by atoms with Crippen molar-refractivity contribution in [3.05, 3.63) is 52.5 Å². The predicted molar refractivity (Wildman–Crippen MR) is 128 cm³/mol. The lowest BCUT2D eigenvalue weighted by molar-refractivity contribution is -0.115. The third-order valence-electron chi connectivity index (χ3n) is 5.32. The van der Waals surface area contributed by atoms with Crippen LogP contribution in [0, 0.1) is 11.3 Å². The number of nitriles is 1. The number of carbonyl (C=O) groups excluding carboxylic acids is 1. The minimum Gasteiger partial charge on any atom is -0.497 e. The van der Waals surface area contributed by atoms with Gasteiger partial charge < -0.3 is 10.1 Å². The Morgan fingerprint density at radius 3 is 2.97 bits per heavy atom. The van der Waals surface area contributed by atoms with E-state index in [2.05, 4.69) is 16.4 Å². The van der Waals surface area contributed by atoms with Gasteiger partial charge in [0.1, 0.15) is 16.8 Å². The molecule has 0 aliphatic heterocycles. The number of thiazole rings is 1. The number of aryl methyl sites for hydroxylation is 2. The van der Waals surface area contributed by atoms with Crippen LogP contribution in [0.25, 0.3) is 11.3 Å². The van der Waals surface area contributed by atoms with E-state index in [1.165, 1.54) is 35.1 Å². The van der Waals surface area contributed by atoms with Crippen molar-refractivity contribution in [2.75, 3.05) is 18.2 Å². The summed E-state index contributed by atoms with van der Waals surface area (Å²) in [5.41, 5.74) is 4.67. The summed E-state index contributed by atoms with van der Waals surface area (Å²) in [6.45, 7) is 0. The van der Waals surface area contributed by atoms with Crippen LogP contribution in [0.3, 0.4) is 0 Å². The maximum Gasteiger partial charge on any atom is 0.226 e. The van der Waals surface area contributed by atoms with Crippen LogP contribution in [-0.4, -0.2) is 28.7 Å². The van der Waals surface area contributed by atoms with Gasteiger partial charge in [0.2, 0.25) is 5.91 Å². The number of nitrogens with one attached hydrogen (secondary N) is 1. The molecule has 1 N–H and O–H groups in total. The van der Waals surface area contributed by atoms with Crippen LogP contribution in [0.2, 0.25) is 0 Å². The highest BCUT2D eigenvalue weighted by molar-refractivity contribution is 7.99. The first-order valence-corrected chi connectivity index (χ1v) is 12.5. The van der Waals surface area contributed by atoms with E-state index < -0.39 is 0 Å². The first-order chi connectivity index (χ1) is 15.7. The van der Waals surface area contributed by atoms with Gasteiger partial charge in [-0.2, -0.15) is 5.26 Å². The van der Waals surface area contributed by atoms with E-state index in [4.69, 9.17) is 9.72 Å². The topological polar surface area (TPSA) is 87.9 Å². The molecule has 3 aromatic rings. The number of pyridine rings is 1. The summed E-state index contributed by atoms with van der Waals surface area (Å²) in [6.07, 6.45) is 5.79. The van der Waals surface area contributed by atoms with Crippen LogP contribution < -0.4 is 10.1 Å². The molecule has 1 amide bonds. The number of carbonyl (C=O) groups is 1. The zero-order valence-electron chi connectivity index (χ0n) is 17.9. The lowest BCUT2D eigenvalue weighted by atomic mass is 10.1. The minimum absolute atomic E-state index is 0.0997. The molecule has 2 heterocycles. The molecule has 4 rings (SSSR count). The molecule has 0 spiro atoms. The van der Waals surface area contributed by atoms with E-state index in [1.54, 1.807) is 7.11 Å². The zero-order valence-corrected chi connectivity index (χ0v) is 19.5. The molecular formula is C24H24N4O2S2. The second kappa shape index (κ2) is 10.6. The van der Waals surface area contributed by atoms with E-state index in [9.17, 15) is 10.1 Å². The molecule has 0 saturated carbocycles. The van der Waals surface area contributed by atoms with Crippen molar-refractivity contribution < 1.29 is 9.53 Å². The molecule has 1 aliphatic carbocycles. The Kier molecular flexibility index (Phi) is 7.40. The van der Waals surface area contributed by atoms with Crippen molar-refractivity contribution >= 4 is 34.1 Å². The SMILES string of the molecule is COc1cccc(-c2csc(NC(=O)CCSc3nc4c(cc3C#N)CCCCC4)n2)c1. The first kappa shape index (κ1) is 22.3. The maximum atomic E-state index is 12.4. The third-order valence-corrected chi connectivity index (χ3v) is 7.07. The molecule has 1 aromatic carbocycles. The summed E-state index contributed by atoms with van der Waals surface area (Å²) in [6, 6.07) is 11.9. The molecule has 2 aromatic heterocycles. The Morgan fingerprint density at radius 1 is 1.25 bits per heavy atom. The van der Waals surface area contributed by atoms with Crippen molar-refractivity contribution in [1.29, 1.82) is 5.26 Å². The number of benzene rings is 1.